The van der Waals surface area contributed by atoms with Crippen LogP contribution in [0, 0.1) is 20.8 Å². The molecule has 34 heavy (non-hydrogen) atoms. The number of aryl methyl sites for hydroxylation is 3. The number of hydrogen-bond acceptors (Lipinski definition) is 4. The van der Waals surface area contributed by atoms with Crippen LogP contribution in [-0.2, 0) is 26.2 Å². The second kappa shape index (κ2) is 11.5. The van der Waals surface area contributed by atoms with Crippen molar-refractivity contribution in [2.24, 2.45) is 0 Å². The number of nitrogens with zero attached hydrogens (tertiary/aromatic N) is 2. The summed E-state index contributed by atoms with van der Waals surface area (Å²) in [6.45, 7) is 11.1. The van der Waals surface area contributed by atoms with Gasteiger partial charge in [-0.3, -0.25) is 13.9 Å². The summed E-state index contributed by atoms with van der Waals surface area (Å²) in [5.41, 5.74) is 4.11. The van der Waals surface area contributed by atoms with Gasteiger partial charge >= 0.3 is 0 Å². The molecule has 2 aromatic carbocycles. The largest absolute Gasteiger partial charge is 0.352 e. The highest BCUT2D eigenvalue weighted by Gasteiger charge is 2.30. The normalized spacial score (nSPS) is 13.1. The van der Waals surface area contributed by atoms with E-state index in [1.54, 1.807) is 13.0 Å². The van der Waals surface area contributed by atoms with Gasteiger partial charge in [0.25, 0.3) is 0 Å². The molecule has 0 saturated carbocycles. The maximum atomic E-state index is 13.6. The van der Waals surface area contributed by atoms with Crippen LogP contribution in [-0.4, -0.2) is 50.0 Å². The fourth-order valence-electron chi connectivity index (χ4n) is 3.74. The van der Waals surface area contributed by atoms with Gasteiger partial charge in [-0.1, -0.05) is 54.4 Å². The minimum absolute atomic E-state index is 0.0337. The number of benzene rings is 2. The van der Waals surface area contributed by atoms with Crippen LogP contribution >= 0.6 is 0 Å². The van der Waals surface area contributed by atoms with E-state index in [1.165, 1.54) is 4.90 Å². The average molecular weight is 488 g/mol. The van der Waals surface area contributed by atoms with Crippen LogP contribution in [0.2, 0.25) is 0 Å². The minimum atomic E-state index is -3.75. The Morgan fingerprint density at radius 3 is 2.21 bits per heavy atom. The Balaban J connectivity index is 2.42. The zero-order chi connectivity index (χ0) is 25.6. The van der Waals surface area contributed by atoms with Crippen LogP contribution in [0.3, 0.4) is 0 Å². The van der Waals surface area contributed by atoms with Gasteiger partial charge in [-0.15, -0.1) is 0 Å². The third-order valence-corrected chi connectivity index (χ3v) is 7.03. The van der Waals surface area contributed by atoms with Crippen molar-refractivity contribution < 1.29 is 18.0 Å². The summed E-state index contributed by atoms with van der Waals surface area (Å²) in [7, 11) is -3.75. The maximum absolute atomic E-state index is 13.6. The molecular formula is C26H37N3O4S. The van der Waals surface area contributed by atoms with Gasteiger partial charge in [0.2, 0.25) is 21.8 Å². The molecule has 0 heterocycles. The summed E-state index contributed by atoms with van der Waals surface area (Å²) >= 11 is 0. The van der Waals surface area contributed by atoms with E-state index in [0.29, 0.717) is 5.69 Å². The molecule has 7 nitrogen and oxygen atoms in total. The van der Waals surface area contributed by atoms with Crippen molar-refractivity contribution in [1.82, 2.24) is 10.2 Å². The molecule has 0 unspecified atom stereocenters. The van der Waals surface area contributed by atoms with Gasteiger partial charge in [0.1, 0.15) is 12.6 Å². The highest BCUT2D eigenvalue weighted by molar-refractivity contribution is 7.92. The van der Waals surface area contributed by atoms with Crippen LogP contribution in [0.25, 0.3) is 0 Å². The molecule has 1 N–H and O–H groups in total. The molecule has 0 fully saturated rings. The molecule has 0 bridgehead atoms. The molecule has 2 aromatic rings. The van der Waals surface area contributed by atoms with Crippen molar-refractivity contribution >= 4 is 27.5 Å². The van der Waals surface area contributed by atoms with E-state index in [-0.39, 0.29) is 18.5 Å². The number of rotatable bonds is 10. The van der Waals surface area contributed by atoms with E-state index in [2.05, 4.69) is 5.32 Å². The van der Waals surface area contributed by atoms with Gasteiger partial charge in [0, 0.05) is 12.6 Å². The summed E-state index contributed by atoms with van der Waals surface area (Å²) in [4.78, 5) is 28.0. The zero-order valence-electron chi connectivity index (χ0n) is 21.3. The van der Waals surface area contributed by atoms with Crippen molar-refractivity contribution in [3.63, 3.8) is 0 Å². The second-order valence-corrected chi connectivity index (χ2v) is 11.0. The topological polar surface area (TPSA) is 86.8 Å². The lowest BCUT2D eigenvalue weighted by Gasteiger charge is -2.32. The van der Waals surface area contributed by atoms with Crippen LogP contribution < -0.4 is 9.62 Å². The number of amides is 2. The smallest absolute Gasteiger partial charge is 0.244 e. The molecule has 0 aliphatic carbocycles. The van der Waals surface area contributed by atoms with E-state index < -0.39 is 28.5 Å². The predicted molar refractivity (Wildman–Crippen MR) is 137 cm³/mol. The third-order valence-electron chi connectivity index (χ3n) is 5.90. The van der Waals surface area contributed by atoms with Gasteiger partial charge in [-0.25, -0.2) is 8.42 Å². The molecule has 0 aliphatic rings. The molecule has 0 aliphatic heterocycles. The quantitative estimate of drug-likeness (QED) is 0.554. The Hall–Kier alpha value is -2.87. The standard InChI is InChI=1S/C26H37N3O4S/c1-8-21(5)27-26(31)22(6)28(16-23-11-9-10-18(2)15-23)25(30)17-29(34(7,32)33)24-13-12-19(3)14-20(24)4/h9-15,21-22H,8,16-17H2,1-7H3,(H,27,31)/t21-,22-/m1/s1. The van der Waals surface area contributed by atoms with Gasteiger partial charge in [-0.05, 0) is 58.2 Å². The number of carbonyl (C=O) groups excluding carboxylic acids is 2. The van der Waals surface area contributed by atoms with Crippen LogP contribution in [0.15, 0.2) is 42.5 Å². The van der Waals surface area contributed by atoms with E-state index >= 15 is 0 Å². The third kappa shape index (κ3) is 7.32. The van der Waals surface area contributed by atoms with E-state index in [0.717, 1.165) is 39.2 Å². The predicted octanol–water partition coefficient (Wildman–Crippen LogP) is 3.71. The maximum Gasteiger partial charge on any atom is 0.244 e. The molecule has 2 rings (SSSR count). The molecule has 2 amide bonds. The summed E-state index contributed by atoms with van der Waals surface area (Å²) in [6, 6.07) is 12.3. The van der Waals surface area contributed by atoms with Crippen LogP contribution in [0.4, 0.5) is 5.69 Å². The second-order valence-electron chi connectivity index (χ2n) is 9.06. The Kier molecular flexibility index (Phi) is 9.27. The van der Waals surface area contributed by atoms with Crippen LogP contribution in [0.5, 0.6) is 0 Å². The average Bonchev–Trinajstić information content (AvgIpc) is 2.74. The van der Waals surface area contributed by atoms with Gasteiger partial charge in [0.05, 0.1) is 11.9 Å². The zero-order valence-corrected chi connectivity index (χ0v) is 22.1. The highest BCUT2D eigenvalue weighted by Crippen LogP contribution is 2.24. The molecular weight excluding hydrogens is 450 g/mol. The van der Waals surface area contributed by atoms with E-state index in [9.17, 15) is 18.0 Å². The first kappa shape index (κ1) is 27.4. The van der Waals surface area contributed by atoms with Crippen molar-refractivity contribution in [3.8, 4) is 0 Å². The lowest BCUT2D eigenvalue weighted by molar-refractivity contribution is -0.139. The first-order valence-electron chi connectivity index (χ1n) is 11.5. The van der Waals surface area contributed by atoms with Crippen molar-refractivity contribution in [3.05, 3.63) is 64.7 Å². The Bertz CT molecular complexity index is 1130. The summed E-state index contributed by atoms with van der Waals surface area (Å²) in [5, 5.41) is 2.93. The molecule has 8 heteroatoms. The summed E-state index contributed by atoms with van der Waals surface area (Å²) in [6.07, 6.45) is 1.85. The first-order valence-corrected chi connectivity index (χ1v) is 13.4. The van der Waals surface area contributed by atoms with E-state index in [4.69, 9.17) is 0 Å². The number of carbonyl (C=O) groups is 2. The lowest BCUT2D eigenvalue weighted by Crippen LogP contribution is -2.52. The molecule has 0 spiro atoms. The number of sulfonamides is 1. The van der Waals surface area contributed by atoms with E-state index in [1.807, 2.05) is 71.0 Å². The molecule has 186 valence electrons. The Morgan fingerprint density at radius 1 is 1.00 bits per heavy atom. The lowest BCUT2D eigenvalue weighted by atomic mass is 10.1. The number of nitrogens with one attached hydrogen (secondary N) is 1. The summed E-state index contributed by atoms with van der Waals surface area (Å²) in [5.74, 6) is -0.716. The van der Waals surface area contributed by atoms with Gasteiger partial charge in [-0.2, -0.15) is 0 Å². The fraction of sp³-hybridized carbons (Fsp3) is 0.462. The summed E-state index contributed by atoms with van der Waals surface area (Å²) < 4.78 is 26.5. The van der Waals surface area contributed by atoms with Gasteiger partial charge in [0.15, 0.2) is 0 Å². The Labute approximate surface area is 204 Å². The first-order chi connectivity index (χ1) is 15.8. The minimum Gasteiger partial charge on any atom is -0.352 e. The molecule has 0 radical (unpaired) electrons. The number of hydrogen-bond donors (Lipinski definition) is 1. The molecule has 0 aromatic heterocycles. The van der Waals surface area contributed by atoms with Crippen molar-refractivity contribution in [1.29, 1.82) is 0 Å². The molecule has 2 atom stereocenters. The fourth-order valence-corrected chi connectivity index (χ4v) is 4.64. The number of anilines is 1. The SMILES string of the molecule is CC[C@@H](C)NC(=O)[C@@H](C)N(Cc1cccc(C)c1)C(=O)CN(c1ccc(C)cc1C)S(C)(=O)=O. The molecule has 0 saturated heterocycles. The van der Waals surface area contributed by atoms with Gasteiger partial charge < -0.3 is 10.2 Å². The monoisotopic (exact) mass is 487 g/mol. The Morgan fingerprint density at radius 2 is 1.65 bits per heavy atom. The van der Waals surface area contributed by atoms with Crippen LogP contribution in [0.1, 0.15) is 49.4 Å². The van der Waals surface area contributed by atoms with Crippen molar-refractivity contribution in [2.75, 3.05) is 17.1 Å². The van der Waals surface area contributed by atoms with Crippen molar-refractivity contribution in [2.45, 2.75) is 66.6 Å². The highest BCUT2D eigenvalue weighted by atomic mass is 32.2.